The third-order valence-corrected chi connectivity index (χ3v) is 7.15. The van der Waals surface area contributed by atoms with E-state index < -0.39 is 16.0 Å². The minimum atomic E-state index is -3.70. The fourth-order valence-corrected chi connectivity index (χ4v) is 4.40. The minimum absolute atomic E-state index is 0.0131. The highest BCUT2D eigenvalue weighted by Gasteiger charge is 2.20. The Hall–Kier alpha value is -3.08. The lowest BCUT2D eigenvalue weighted by Gasteiger charge is -2.13. The van der Waals surface area contributed by atoms with E-state index in [1.54, 1.807) is 36.7 Å². The van der Waals surface area contributed by atoms with Crippen molar-refractivity contribution in [2.24, 2.45) is 0 Å². The molecule has 32 heavy (non-hydrogen) atoms. The second kappa shape index (κ2) is 10.0. The SMILES string of the molecule is CC(=O)c1ccc(OC(=O)c2cccc(S(=O)(=O)N(C)C)c2)c(CSc2ncccn2)c1. The first kappa shape index (κ1) is 23.6. The topological polar surface area (TPSA) is 107 Å². The van der Waals surface area contributed by atoms with Gasteiger partial charge in [-0.1, -0.05) is 17.8 Å². The van der Waals surface area contributed by atoms with E-state index in [1.165, 1.54) is 57.0 Å². The van der Waals surface area contributed by atoms with Crippen LogP contribution in [-0.2, 0) is 15.8 Å². The van der Waals surface area contributed by atoms with Gasteiger partial charge in [0.25, 0.3) is 0 Å². The quantitative estimate of drug-likeness (QED) is 0.162. The van der Waals surface area contributed by atoms with Gasteiger partial charge in [0.15, 0.2) is 10.9 Å². The molecule has 0 atom stereocenters. The van der Waals surface area contributed by atoms with Gasteiger partial charge in [0, 0.05) is 43.4 Å². The fourth-order valence-electron chi connectivity index (χ4n) is 2.67. The van der Waals surface area contributed by atoms with Crippen molar-refractivity contribution in [1.82, 2.24) is 14.3 Å². The maximum absolute atomic E-state index is 12.8. The Bertz CT molecular complexity index is 1250. The van der Waals surface area contributed by atoms with Crippen molar-refractivity contribution in [3.05, 3.63) is 77.6 Å². The number of thioether (sulfide) groups is 1. The normalized spacial score (nSPS) is 11.4. The minimum Gasteiger partial charge on any atom is -0.423 e. The second-order valence-corrected chi connectivity index (χ2v) is 10.00. The molecule has 0 saturated heterocycles. The van der Waals surface area contributed by atoms with Gasteiger partial charge in [0.1, 0.15) is 5.75 Å². The number of hydrogen-bond donors (Lipinski definition) is 0. The first-order valence-corrected chi connectivity index (χ1v) is 11.9. The van der Waals surface area contributed by atoms with E-state index in [0.29, 0.717) is 22.0 Å². The molecule has 3 rings (SSSR count). The number of ketones is 1. The molecule has 1 heterocycles. The number of carbonyl (C=O) groups is 2. The summed E-state index contributed by atoms with van der Waals surface area (Å²) in [7, 11) is -0.870. The lowest BCUT2D eigenvalue weighted by Crippen LogP contribution is -2.22. The molecule has 0 fully saturated rings. The number of esters is 1. The third kappa shape index (κ3) is 5.58. The Kier molecular flexibility index (Phi) is 7.39. The number of nitrogens with zero attached hydrogens (tertiary/aromatic N) is 3. The molecular weight excluding hydrogens is 450 g/mol. The summed E-state index contributed by atoms with van der Waals surface area (Å²) in [6.45, 7) is 1.45. The zero-order valence-corrected chi connectivity index (χ0v) is 19.3. The van der Waals surface area contributed by atoms with E-state index in [-0.39, 0.29) is 22.0 Å². The van der Waals surface area contributed by atoms with E-state index in [0.717, 1.165) is 4.31 Å². The summed E-state index contributed by atoms with van der Waals surface area (Å²) in [5.41, 5.74) is 1.18. The Morgan fingerprint density at radius 1 is 1.00 bits per heavy atom. The van der Waals surface area contributed by atoms with Gasteiger partial charge >= 0.3 is 5.97 Å². The summed E-state index contributed by atoms with van der Waals surface area (Å²) in [5, 5.41) is 0.541. The van der Waals surface area contributed by atoms with Crippen LogP contribution in [0.2, 0.25) is 0 Å². The largest absolute Gasteiger partial charge is 0.423 e. The molecule has 0 radical (unpaired) electrons. The first-order chi connectivity index (χ1) is 15.2. The summed E-state index contributed by atoms with van der Waals surface area (Å²) >= 11 is 1.33. The van der Waals surface area contributed by atoms with Crippen molar-refractivity contribution in [3.63, 3.8) is 0 Å². The molecule has 0 aliphatic heterocycles. The van der Waals surface area contributed by atoms with Gasteiger partial charge < -0.3 is 4.74 Å². The number of Topliss-reactive ketones (excluding diaryl/α,β-unsaturated/α-hetero) is 1. The van der Waals surface area contributed by atoms with Crippen LogP contribution in [0.4, 0.5) is 0 Å². The van der Waals surface area contributed by atoms with Gasteiger partial charge in [-0.15, -0.1) is 0 Å². The van der Waals surface area contributed by atoms with Crippen molar-refractivity contribution in [1.29, 1.82) is 0 Å². The number of aromatic nitrogens is 2. The Labute approximate surface area is 190 Å². The van der Waals surface area contributed by atoms with Gasteiger partial charge in [-0.05, 0) is 49.4 Å². The maximum Gasteiger partial charge on any atom is 0.343 e. The molecular formula is C22H21N3O5S2. The molecule has 0 unspecified atom stereocenters. The zero-order chi connectivity index (χ0) is 23.3. The highest BCUT2D eigenvalue weighted by molar-refractivity contribution is 7.98. The summed E-state index contributed by atoms with van der Waals surface area (Å²) in [4.78, 5) is 32.9. The van der Waals surface area contributed by atoms with Crippen LogP contribution in [0.5, 0.6) is 5.75 Å². The molecule has 1 aromatic heterocycles. The predicted octanol–water partition coefficient (Wildman–Crippen LogP) is 3.44. The number of hydrogen-bond acceptors (Lipinski definition) is 8. The second-order valence-electron chi connectivity index (χ2n) is 6.90. The molecule has 10 heteroatoms. The molecule has 3 aromatic rings. The van der Waals surface area contributed by atoms with Crippen LogP contribution in [0.25, 0.3) is 0 Å². The lowest BCUT2D eigenvalue weighted by atomic mass is 10.1. The van der Waals surface area contributed by atoms with Crippen LogP contribution in [0, 0.1) is 0 Å². The van der Waals surface area contributed by atoms with Crippen LogP contribution in [0.1, 0.15) is 33.2 Å². The van der Waals surface area contributed by atoms with E-state index in [9.17, 15) is 18.0 Å². The smallest absolute Gasteiger partial charge is 0.343 e. The number of benzene rings is 2. The van der Waals surface area contributed by atoms with E-state index in [4.69, 9.17) is 4.74 Å². The van der Waals surface area contributed by atoms with E-state index >= 15 is 0 Å². The van der Waals surface area contributed by atoms with Crippen molar-refractivity contribution in [2.75, 3.05) is 14.1 Å². The molecule has 8 nitrogen and oxygen atoms in total. The zero-order valence-electron chi connectivity index (χ0n) is 17.7. The highest BCUT2D eigenvalue weighted by atomic mass is 32.2. The summed E-state index contributed by atoms with van der Waals surface area (Å²) < 4.78 is 31.4. The van der Waals surface area contributed by atoms with Crippen LogP contribution < -0.4 is 4.74 Å². The fraction of sp³-hybridized carbons (Fsp3) is 0.182. The average Bonchev–Trinajstić information content (AvgIpc) is 2.78. The predicted molar refractivity (Wildman–Crippen MR) is 120 cm³/mol. The summed E-state index contributed by atoms with van der Waals surface area (Å²) in [6.07, 6.45) is 3.24. The van der Waals surface area contributed by atoms with Gasteiger partial charge in [-0.2, -0.15) is 0 Å². The molecule has 0 bridgehead atoms. The number of sulfonamides is 1. The molecule has 166 valence electrons. The monoisotopic (exact) mass is 471 g/mol. The van der Waals surface area contributed by atoms with Crippen LogP contribution in [-0.4, -0.2) is 48.5 Å². The van der Waals surface area contributed by atoms with Crippen LogP contribution in [0.3, 0.4) is 0 Å². The van der Waals surface area contributed by atoms with Crippen molar-refractivity contribution >= 4 is 33.5 Å². The van der Waals surface area contributed by atoms with Crippen molar-refractivity contribution in [2.45, 2.75) is 22.7 Å². The summed E-state index contributed by atoms with van der Waals surface area (Å²) in [5.74, 6) is -0.197. The molecule has 0 spiro atoms. The molecule has 0 N–H and O–H groups in total. The van der Waals surface area contributed by atoms with Gasteiger partial charge in [0.05, 0.1) is 10.5 Å². The number of carbonyl (C=O) groups excluding carboxylic acids is 2. The lowest BCUT2D eigenvalue weighted by molar-refractivity contribution is 0.0733. The van der Waals surface area contributed by atoms with Crippen LogP contribution >= 0.6 is 11.8 Å². The average molecular weight is 472 g/mol. The van der Waals surface area contributed by atoms with Crippen molar-refractivity contribution in [3.8, 4) is 5.75 Å². The van der Waals surface area contributed by atoms with E-state index in [2.05, 4.69) is 9.97 Å². The van der Waals surface area contributed by atoms with Gasteiger partial charge in [0.2, 0.25) is 10.0 Å². The Morgan fingerprint density at radius 3 is 2.38 bits per heavy atom. The Morgan fingerprint density at radius 2 is 1.72 bits per heavy atom. The number of ether oxygens (including phenoxy) is 1. The first-order valence-electron chi connectivity index (χ1n) is 9.47. The van der Waals surface area contributed by atoms with Gasteiger partial charge in [-0.25, -0.2) is 27.5 Å². The molecule has 0 aliphatic carbocycles. The van der Waals surface area contributed by atoms with Gasteiger partial charge in [-0.3, -0.25) is 4.79 Å². The van der Waals surface area contributed by atoms with Crippen LogP contribution in [0.15, 0.2) is 71.0 Å². The standard InChI is InChI=1S/C22H21N3O5S2/c1-15(26)16-8-9-20(18(12-16)14-31-22-23-10-5-11-24-22)30-21(27)17-6-4-7-19(13-17)32(28,29)25(2)3/h4-13H,14H2,1-3H3. The molecule has 0 amide bonds. The van der Waals surface area contributed by atoms with Crippen molar-refractivity contribution < 1.29 is 22.7 Å². The summed E-state index contributed by atoms with van der Waals surface area (Å²) in [6, 6.07) is 12.1. The highest BCUT2D eigenvalue weighted by Crippen LogP contribution is 2.28. The maximum atomic E-state index is 12.8. The molecule has 0 aliphatic rings. The third-order valence-electron chi connectivity index (χ3n) is 4.42. The Balaban J connectivity index is 1.87. The van der Waals surface area contributed by atoms with E-state index in [1.807, 2.05) is 0 Å². The number of rotatable bonds is 8. The molecule has 0 saturated carbocycles. The molecule has 2 aromatic carbocycles.